The molecule has 0 saturated heterocycles. The number of rotatable bonds is 0. The Balaban J connectivity index is 2.08. The van der Waals surface area contributed by atoms with Crippen molar-refractivity contribution in [2.75, 3.05) is 0 Å². The van der Waals surface area contributed by atoms with Gasteiger partial charge in [-0.1, -0.05) is 19.3 Å². The summed E-state index contributed by atoms with van der Waals surface area (Å²) in [5.41, 5.74) is 6.33. The van der Waals surface area contributed by atoms with Gasteiger partial charge in [0, 0.05) is 11.6 Å². The summed E-state index contributed by atoms with van der Waals surface area (Å²) >= 11 is 0. The summed E-state index contributed by atoms with van der Waals surface area (Å²) in [6, 6.07) is 0. The topological polar surface area (TPSA) is 38.4 Å². The predicted molar refractivity (Wildman–Crippen MR) is 46.6 cm³/mol. The van der Waals surface area contributed by atoms with Gasteiger partial charge in [0.05, 0.1) is 0 Å². The molecule has 0 aromatic heterocycles. The van der Waals surface area contributed by atoms with Gasteiger partial charge in [-0.15, -0.1) is 0 Å². The lowest BCUT2D eigenvalue weighted by Gasteiger charge is -2.35. The van der Waals surface area contributed by atoms with Crippen LogP contribution in [0, 0.1) is 5.41 Å². The lowest BCUT2D eigenvalue weighted by Crippen LogP contribution is -2.38. The van der Waals surface area contributed by atoms with Crippen LogP contribution < -0.4 is 5.73 Å². The van der Waals surface area contributed by atoms with Gasteiger partial charge < -0.3 is 5.73 Å². The molecular formula is C9H16N2. The third-order valence-electron chi connectivity index (χ3n) is 3.24. The van der Waals surface area contributed by atoms with Gasteiger partial charge in [0.15, 0.2) is 0 Å². The van der Waals surface area contributed by atoms with Crippen LogP contribution in [0.15, 0.2) is 4.99 Å². The highest BCUT2D eigenvalue weighted by Crippen LogP contribution is 2.43. The summed E-state index contributed by atoms with van der Waals surface area (Å²) in [4.78, 5) is 4.27. The molecule has 1 atom stereocenters. The van der Waals surface area contributed by atoms with Gasteiger partial charge in [-0.25, -0.2) is 0 Å². The second-order valence-electron chi connectivity index (χ2n) is 3.90. The Hall–Kier alpha value is -0.370. The average molecular weight is 152 g/mol. The maximum atomic E-state index is 5.95. The highest BCUT2D eigenvalue weighted by molar-refractivity contribution is 5.61. The van der Waals surface area contributed by atoms with E-state index in [4.69, 9.17) is 5.73 Å². The van der Waals surface area contributed by atoms with Crippen LogP contribution in [-0.2, 0) is 0 Å². The van der Waals surface area contributed by atoms with Crippen molar-refractivity contribution in [3.05, 3.63) is 0 Å². The van der Waals surface area contributed by atoms with E-state index in [0.717, 1.165) is 6.42 Å². The standard InChI is InChI=1S/C9H16N2/c10-8-9(6-7-11-8)4-2-1-3-5-9/h7-8H,1-6,10H2. The molecule has 1 aliphatic heterocycles. The molecule has 1 unspecified atom stereocenters. The molecule has 0 aromatic carbocycles. The van der Waals surface area contributed by atoms with Crippen LogP contribution in [0.25, 0.3) is 0 Å². The van der Waals surface area contributed by atoms with Crippen LogP contribution in [-0.4, -0.2) is 12.4 Å². The molecular weight excluding hydrogens is 136 g/mol. The third kappa shape index (κ3) is 1.09. The second-order valence-corrected chi connectivity index (χ2v) is 3.90. The minimum absolute atomic E-state index is 0.114. The molecule has 0 radical (unpaired) electrons. The Labute approximate surface area is 67.9 Å². The minimum Gasteiger partial charge on any atom is -0.309 e. The fourth-order valence-electron chi connectivity index (χ4n) is 2.38. The van der Waals surface area contributed by atoms with Crippen molar-refractivity contribution < 1.29 is 0 Å². The molecule has 0 bridgehead atoms. The molecule has 1 saturated carbocycles. The fraction of sp³-hybridized carbons (Fsp3) is 0.889. The Morgan fingerprint density at radius 2 is 2.00 bits per heavy atom. The number of nitrogens with zero attached hydrogens (tertiary/aromatic N) is 1. The highest BCUT2D eigenvalue weighted by atomic mass is 15.0. The van der Waals surface area contributed by atoms with E-state index in [1.807, 2.05) is 6.21 Å². The first-order chi connectivity index (χ1) is 5.33. The maximum absolute atomic E-state index is 5.95. The monoisotopic (exact) mass is 152 g/mol. The van der Waals surface area contributed by atoms with E-state index in [0.29, 0.717) is 5.41 Å². The highest BCUT2D eigenvalue weighted by Gasteiger charge is 2.39. The molecule has 0 amide bonds. The first-order valence-corrected chi connectivity index (χ1v) is 4.61. The lowest BCUT2D eigenvalue weighted by molar-refractivity contribution is 0.172. The summed E-state index contributed by atoms with van der Waals surface area (Å²) in [6.07, 6.45) is 9.98. The molecule has 1 fully saturated rings. The van der Waals surface area contributed by atoms with Crippen LogP contribution in [0.5, 0.6) is 0 Å². The fourth-order valence-corrected chi connectivity index (χ4v) is 2.38. The van der Waals surface area contributed by atoms with Gasteiger partial charge in [0.1, 0.15) is 6.17 Å². The second kappa shape index (κ2) is 2.59. The van der Waals surface area contributed by atoms with Gasteiger partial charge in [-0.05, 0) is 19.3 Å². The van der Waals surface area contributed by atoms with Crippen LogP contribution >= 0.6 is 0 Å². The first-order valence-electron chi connectivity index (χ1n) is 4.61. The van der Waals surface area contributed by atoms with Crippen molar-refractivity contribution in [1.29, 1.82) is 0 Å². The zero-order valence-corrected chi connectivity index (χ0v) is 6.92. The zero-order chi connectivity index (χ0) is 7.73. The molecule has 2 aliphatic rings. The van der Waals surface area contributed by atoms with E-state index in [9.17, 15) is 0 Å². The molecule has 62 valence electrons. The Morgan fingerprint density at radius 1 is 1.27 bits per heavy atom. The average Bonchev–Trinajstić information content (AvgIpc) is 2.36. The molecule has 1 spiro atoms. The Kier molecular flexibility index (Phi) is 1.72. The summed E-state index contributed by atoms with van der Waals surface area (Å²) in [6.45, 7) is 0. The summed E-state index contributed by atoms with van der Waals surface area (Å²) in [5, 5.41) is 0. The van der Waals surface area contributed by atoms with Crippen molar-refractivity contribution >= 4 is 6.21 Å². The van der Waals surface area contributed by atoms with Crippen LogP contribution in [0.1, 0.15) is 38.5 Å². The number of hydrogen-bond acceptors (Lipinski definition) is 2. The van der Waals surface area contributed by atoms with E-state index in [2.05, 4.69) is 4.99 Å². The van der Waals surface area contributed by atoms with Gasteiger partial charge in [-0.3, -0.25) is 4.99 Å². The SMILES string of the molecule is NC1N=CCC12CCCCC2. The van der Waals surface area contributed by atoms with Crippen molar-refractivity contribution in [3.8, 4) is 0 Å². The van der Waals surface area contributed by atoms with Crippen LogP contribution in [0.3, 0.4) is 0 Å². The van der Waals surface area contributed by atoms with Crippen LogP contribution in [0.4, 0.5) is 0 Å². The summed E-state index contributed by atoms with van der Waals surface area (Å²) in [5.74, 6) is 0. The number of nitrogens with two attached hydrogens (primary N) is 1. The van der Waals surface area contributed by atoms with Crippen molar-refractivity contribution in [1.82, 2.24) is 0 Å². The van der Waals surface area contributed by atoms with Crippen molar-refractivity contribution in [3.63, 3.8) is 0 Å². The molecule has 11 heavy (non-hydrogen) atoms. The van der Waals surface area contributed by atoms with Gasteiger partial charge in [0.25, 0.3) is 0 Å². The van der Waals surface area contributed by atoms with Gasteiger partial charge in [-0.2, -0.15) is 0 Å². The summed E-state index contributed by atoms with van der Waals surface area (Å²) in [7, 11) is 0. The predicted octanol–water partition coefficient (Wildman–Crippen LogP) is 1.70. The molecule has 2 nitrogen and oxygen atoms in total. The van der Waals surface area contributed by atoms with Crippen LogP contribution in [0.2, 0.25) is 0 Å². The van der Waals surface area contributed by atoms with E-state index in [1.54, 1.807) is 0 Å². The molecule has 2 heteroatoms. The third-order valence-corrected chi connectivity index (χ3v) is 3.24. The Morgan fingerprint density at radius 3 is 2.55 bits per heavy atom. The Bertz CT molecular complexity index is 168. The number of aliphatic imine (C=N–C) groups is 1. The normalized spacial score (nSPS) is 34.8. The van der Waals surface area contributed by atoms with E-state index >= 15 is 0 Å². The molecule has 1 heterocycles. The quantitative estimate of drug-likeness (QED) is 0.563. The number of hydrogen-bond donors (Lipinski definition) is 1. The van der Waals surface area contributed by atoms with Gasteiger partial charge >= 0.3 is 0 Å². The zero-order valence-electron chi connectivity index (χ0n) is 6.92. The lowest BCUT2D eigenvalue weighted by atomic mass is 9.71. The van der Waals surface area contributed by atoms with E-state index in [1.165, 1.54) is 32.1 Å². The van der Waals surface area contributed by atoms with Crippen molar-refractivity contribution in [2.45, 2.75) is 44.7 Å². The molecule has 1 aliphatic carbocycles. The van der Waals surface area contributed by atoms with Crippen molar-refractivity contribution in [2.24, 2.45) is 16.1 Å². The maximum Gasteiger partial charge on any atom is 0.103 e. The molecule has 2 rings (SSSR count). The smallest absolute Gasteiger partial charge is 0.103 e. The summed E-state index contributed by atoms with van der Waals surface area (Å²) < 4.78 is 0. The molecule has 2 N–H and O–H groups in total. The minimum atomic E-state index is 0.114. The van der Waals surface area contributed by atoms with E-state index in [-0.39, 0.29) is 6.17 Å². The first kappa shape index (κ1) is 7.29. The van der Waals surface area contributed by atoms with Gasteiger partial charge in [0.2, 0.25) is 0 Å². The van der Waals surface area contributed by atoms with E-state index < -0.39 is 0 Å². The molecule has 0 aromatic rings. The largest absolute Gasteiger partial charge is 0.309 e.